The molecule has 2 aliphatic rings. The van der Waals surface area contributed by atoms with E-state index in [9.17, 15) is 23.6 Å². The summed E-state index contributed by atoms with van der Waals surface area (Å²) in [6.07, 6.45) is 2.19. The molecular weight excluding hydrogens is 587 g/mol. The molecule has 5 rings (SSSR count). The molecule has 3 unspecified atom stereocenters. The van der Waals surface area contributed by atoms with Gasteiger partial charge in [0.2, 0.25) is 0 Å². The van der Waals surface area contributed by atoms with Gasteiger partial charge in [0.05, 0.1) is 41.2 Å². The number of Topliss-reactive ketones (excluding diaryl/α,β-unsaturated/α-hetero) is 1. The normalized spacial score (nSPS) is 19.9. The van der Waals surface area contributed by atoms with Gasteiger partial charge in [-0.15, -0.1) is 0 Å². The number of aliphatic hydroxyl groups is 2. The van der Waals surface area contributed by atoms with Gasteiger partial charge in [0.25, 0.3) is 0 Å². The van der Waals surface area contributed by atoms with E-state index in [1.54, 1.807) is 43.3 Å². The maximum atomic E-state index is 13.8. The molecule has 0 radical (unpaired) electrons. The third-order valence-electron chi connectivity index (χ3n) is 7.88. The highest BCUT2D eigenvalue weighted by atomic mass is 32.2. The van der Waals surface area contributed by atoms with E-state index < -0.39 is 39.3 Å². The van der Waals surface area contributed by atoms with Crippen LogP contribution in [-0.4, -0.2) is 56.4 Å². The lowest BCUT2D eigenvalue weighted by molar-refractivity contribution is 0.0396. The fraction of sp³-hybridized carbons (Fsp3) is 0.455. The second-order valence-electron chi connectivity index (χ2n) is 12.6. The van der Waals surface area contributed by atoms with Gasteiger partial charge < -0.3 is 24.4 Å². The first-order chi connectivity index (χ1) is 20.8. The Balaban J connectivity index is 1.47. The highest BCUT2D eigenvalue weighted by Crippen LogP contribution is 2.45. The Morgan fingerprint density at radius 1 is 1.14 bits per heavy atom. The summed E-state index contributed by atoms with van der Waals surface area (Å²) < 4.78 is 46.7. The molecule has 1 fully saturated rings. The number of hydrogen-bond donors (Lipinski definition) is 3. The second-order valence-corrected chi connectivity index (χ2v) is 14.6. The summed E-state index contributed by atoms with van der Waals surface area (Å²) in [5.41, 5.74) is -0.874. The van der Waals surface area contributed by atoms with E-state index in [1.165, 1.54) is 19.2 Å². The number of hydrogen-bond acceptors (Lipinski definition) is 8. The molecule has 2 aromatic carbocycles. The summed E-state index contributed by atoms with van der Waals surface area (Å²) in [6.45, 7) is 6.51. The molecule has 2 heterocycles. The van der Waals surface area contributed by atoms with Crippen molar-refractivity contribution in [2.75, 3.05) is 20.3 Å². The van der Waals surface area contributed by atoms with Crippen LogP contribution in [0.15, 0.2) is 48.5 Å². The minimum Gasteiger partial charge on any atom is -0.493 e. The van der Waals surface area contributed by atoms with E-state index in [2.05, 4.69) is 4.72 Å². The molecule has 3 aromatic rings. The summed E-state index contributed by atoms with van der Waals surface area (Å²) in [4.78, 5) is 18.0. The number of benzene rings is 2. The van der Waals surface area contributed by atoms with Crippen molar-refractivity contribution in [2.45, 2.75) is 75.4 Å². The van der Waals surface area contributed by atoms with E-state index >= 15 is 0 Å². The number of aromatic nitrogens is 1. The molecule has 44 heavy (non-hydrogen) atoms. The van der Waals surface area contributed by atoms with Crippen molar-refractivity contribution in [1.82, 2.24) is 9.71 Å². The Morgan fingerprint density at radius 3 is 2.45 bits per heavy atom. The number of methoxy groups -OCH3 is 1. The van der Waals surface area contributed by atoms with Gasteiger partial charge in [-0.05, 0) is 95.5 Å². The van der Waals surface area contributed by atoms with E-state index in [0.717, 1.165) is 12.8 Å². The minimum absolute atomic E-state index is 0.00242. The molecule has 0 saturated heterocycles. The maximum Gasteiger partial charge on any atom is 0.163 e. The molecule has 3 N–H and O–H groups in total. The van der Waals surface area contributed by atoms with Crippen molar-refractivity contribution in [3.63, 3.8) is 0 Å². The summed E-state index contributed by atoms with van der Waals surface area (Å²) in [6, 6.07) is 12.4. The molecule has 9 nitrogen and oxygen atoms in total. The first-order valence-corrected chi connectivity index (χ1v) is 15.8. The average Bonchev–Trinajstić information content (AvgIpc) is 3.74. The summed E-state index contributed by atoms with van der Waals surface area (Å²) in [5.74, 6) is 0.768. The summed E-state index contributed by atoms with van der Waals surface area (Å²) in [7, 11) is -0.0552. The van der Waals surface area contributed by atoms with Crippen LogP contribution >= 0.6 is 0 Å². The monoisotopic (exact) mass is 626 g/mol. The van der Waals surface area contributed by atoms with Gasteiger partial charge in [-0.3, -0.25) is 4.79 Å². The number of pyridine rings is 1. The zero-order valence-corrected chi connectivity index (χ0v) is 26.4. The van der Waals surface area contributed by atoms with Gasteiger partial charge in [-0.2, -0.15) is 0 Å². The third-order valence-corrected chi connectivity index (χ3v) is 9.57. The third kappa shape index (κ3) is 6.66. The number of carbonyl (C=O) groups excluding carboxylic acids is 1. The van der Waals surface area contributed by atoms with Gasteiger partial charge >= 0.3 is 0 Å². The SMILES string of the molecule is COc1cc(C(=O)CCC(C)(O)c2cc3c(c(-c4ccc(F)cc4)n2)OCC3(CO)NS(=O)C(C)(C)C)ccc1OC1CC1. The Labute approximate surface area is 259 Å². The lowest BCUT2D eigenvalue weighted by Gasteiger charge is -2.31. The van der Waals surface area contributed by atoms with Crippen LogP contribution in [-0.2, 0) is 22.1 Å². The summed E-state index contributed by atoms with van der Waals surface area (Å²) in [5, 5.41) is 22.3. The number of rotatable bonds is 12. The molecule has 0 spiro atoms. The zero-order chi connectivity index (χ0) is 31.9. The van der Waals surface area contributed by atoms with Crippen LogP contribution in [0.25, 0.3) is 11.3 Å². The van der Waals surface area contributed by atoms with Crippen molar-refractivity contribution in [3.8, 4) is 28.5 Å². The van der Waals surface area contributed by atoms with E-state index in [1.807, 2.05) is 20.8 Å². The number of halogens is 1. The smallest absolute Gasteiger partial charge is 0.163 e. The van der Waals surface area contributed by atoms with Crippen molar-refractivity contribution in [2.24, 2.45) is 0 Å². The van der Waals surface area contributed by atoms with Crippen molar-refractivity contribution in [1.29, 1.82) is 0 Å². The molecule has 1 saturated carbocycles. The Morgan fingerprint density at radius 2 is 1.84 bits per heavy atom. The fourth-order valence-electron chi connectivity index (χ4n) is 4.90. The number of fused-ring (bicyclic) bond motifs is 1. The predicted octanol–water partition coefficient (Wildman–Crippen LogP) is 4.94. The standard InChI is InChI=1S/C33H39FN2O7S/c1-31(2,3)44(40)36-33(18-37)19-42-30-24(33)17-28(35-29(30)20-6-9-22(34)10-7-20)32(4,39)15-14-25(38)21-8-13-26(27(16-21)41-5)43-23-11-12-23/h6-10,13,16-17,23,36-37,39H,11-12,14-15,18-19H2,1-5H3. The number of ketones is 1. The van der Waals surface area contributed by atoms with Crippen LogP contribution in [0.3, 0.4) is 0 Å². The first kappa shape index (κ1) is 32.0. The topological polar surface area (TPSA) is 127 Å². The van der Waals surface area contributed by atoms with Crippen LogP contribution in [0.1, 0.15) is 75.0 Å². The predicted molar refractivity (Wildman–Crippen MR) is 165 cm³/mol. The first-order valence-electron chi connectivity index (χ1n) is 14.6. The van der Waals surface area contributed by atoms with Gasteiger partial charge in [-0.1, -0.05) is 0 Å². The lowest BCUT2D eigenvalue weighted by Crippen LogP contribution is -2.51. The highest BCUT2D eigenvalue weighted by Gasteiger charge is 2.46. The van der Waals surface area contributed by atoms with Crippen LogP contribution in [0.5, 0.6) is 17.2 Å². The quantitative estimate of drug-likeness (QED) is 0.242. The largest absolute Gasteiger partial charge is 0.493 e. The number of ether oxygens (including phenoxy) is 3. The maximum absolute atomic E-state index is 13.8. The fourth-order valence-corrected chi connectivity index (χ4v) is 5.79. The van der Waals surface area contributed by atoms with Crippen LogP contribution in [0.2, 0.25) is 0 Å². The van der Waals surface area contributed by atoms with Crippen LogP contribution in [0, 0.1) is 5.82 Å². The van der Waals surface area contributed by atoms with Gasteiger partial charge in [0.15, 0.2) is 23.0 Å². The zero-order valence-electron chi connectivity index (χ0n) is 25.6. The van der Waals surface area contributed by atoms with E-state index in [-0.39, 0.29) is 37.0 Å². The lowest BCUT2D eigenvalue weighted by atomic mass is 9.87. The van der Waals surface area contributed by atoms with Crippen LogP contribution < -0.4 is 18.9 Å². The van der Waals surface area contributed by atoms with Crippen molar-refractivity contribution >= 4 is 16.8 Å². The highest BCUT2D eigenvalue weighted by molar-refractivity contribution is 7.84. The average molecular weight is 627 g/mol. The van der Waals surface area contributed by atoms with Gasteiger partial charge in [-0.25, -0.2) is 18.3 Å². The molecule has 11 heteroatoms. The van der Waals surface area contributed by atoms with Crippen molar-refractivity contribution in [3.05, 3.63) is 71.2 Å². The Kier molecular flexibility index (Phi) is 8.87. The molecule has 1 aromatic heterocycles. The Hall–Kier alpha value is -3.38. The molecule has 236 valence electrons. The minimum atomic E-state index is -1.59. The Bertz CT molecular complexity index is 1570. The van der Waals surface area contributed by atoms with E-state index in [0.29, 0.717) is 39.6 Å². The molecule has 1 aliphatic heterocycles. The van der Waals surface area contributed by atoms with Crippen LogP contribution in [0.4, 0.5) is 4.39 Å². The molecular formula is C33H39FN2O7S. The summed E-state index contributed by atoms with van der Waals surface area (Å²) >= 11 is 0. The number of nitrogens with zero attached hydrogens (tertiary/aromatic N) is 1. The number of nitrogens with one attached hydrogen (secondary N) is 1. The van der Waals surface area contributed by atoms with Gasteiger partial charge in [0.1, 0.15) is 29.3 Å². The van der Waals surface area contributed by atoms with Gasteiger partial charge in [0, 0.05) is 23.1 Å². The molecule has 0 bridgehead atoms. The molecule has 3 atom stereocenters. The number of carbonyl (C=O) groups is 1. The van der Waals surface area contributed by atoms with E-state index in [4.69, 9.17) is 19.2 Å². The van der Waals surface area contributed by atoms with Crippen molar-refractivity contribution < 1.29 is 37.8 Å². The second kappa shape index (κ2) is 12.2. The molecule has 1 aliphatic carbocycles. The molecule has 0 amide bonds. The number of aliphatic hydroxyl groups excluding tert-OH is 1.